The van der Waals surface area contributed by atoms with E-state index in [-0.39, 0.29) is 0 Å². The van der Waals surface area contributed by atoms with Gasteiger partial charge in [-0.3, -0.25) is 0 Å². The standard InChI is InChI=1S/C5H5OS/c1-6-5-3-2-4-7-5/h3-4H,1H3. The molecule has 2 heteroatoms. The molecule has 0 fully saturated rings. The van der Waals surface area contributed by atoms with Gasteiger partial charge in [0.15, 0.2) is 5.06 Å². The third-order valence-electron chi connectivity index (χ3n) is 0.645. The Morgan fingerprint density at radius 3 is 3.00 bits per heavy atom. The molecule has 0 N–H and O–H groups in total. The molecular weight excluding hydrogens is 108 g/mol. The molecule has 1 aromatic heterocycles. The van der Waals surface area contributed by atoms with Crippen molar-refractivity contribution in [1.82, 2.24) is 0 Å². The summed E-state index contributed by atoms with van der Waals surface area (Å²) < 4.78 is 4.84. The Morgan fingerprint density at radius 2 is 2.71 bits per heavy atom. The average molecular weight is 113 g/mol. The highest BCUT2D eigenvalue weighted by molar-refractivity contribution is 7.11. The number of ether oxygens (including phenoxy) is 1. The van der Waals surface area contributed by atoms with E-state index in [2.05, 4.69) is 6.07 Å². The first-order valence-electron chi connectivity index (χ1n) is 1.92. The van der Waals surface area contributed by atoms with Gasteiger partial charge in [0.1, 0.15) is 0 Å². The lowest BCUT2D eigenvalue weighted by molar-refractivity contribution is 0.427. The van der Waals surface area contributed by atoms with Crippen LogP contribution in [0.1, 0.15) is 0 Å². The van der Waals surface area contributed by atoms with E-state index in [0.29, 0.717) is 0 Å². The second-order valence-corrected chi connectivity index (χ2v) is 1.94. The normalized spacial score (nSPS) is 8.71. The Morgan fingerprint density at radius 1 is 1.86 bits per heavy atom. The fourth-order valence-electron chi connectivity index (χ4n) is 0.335. The smallest absolute Gasteiger partial charge is 0.173 e. The first kappa shape index (κ1) is 4.65. The minimum Gasteiger partial charge on any atom is -0.487 e. The van der Waals surface area contributed by atoms with Crippen molar-refractivity contribution in [3.8, 4) is 5.06 Å². The molecule has 7 heavy (non-hydrogen) atoms. The van der Waals surface area contributed by atoms with E-state index in [4.69, 9.17) is 4.74 Å². The number of hydrogen-bond donors (Lipinski definition) is 0. The van der Waals surface area contributed by atoms with Gasteiger partial charge >= 0.3 is 0 Å². The molecule has 37 valence electrons. The van der Waals surface area contributed by atoms with Crippen molar-refractivity contribution in [3.63, 3.8) is 0 Å². The SMILES string of the molecule is COc1c[c]cs1. The molecule has 0 aliphatic rings. The highest BCUT2D eigenvalue weighted by Gasteiger charge is 1.83. The van der Waals surface area contributed by atoms with Gasteiger partial charge in [-0.2, -0.15) is 0 Å². The van der Waals surface area contributed by atoms with Crippen LogP contribution in [-0.2, 0) is 0 Å². The van der Waals surface area contributed by atoms with Crippen molar-refractivity contribution in [2.75, 3.05) is 7.11 Å². The summed E-state index contributed by atoms with van der Waals surface area (Å²) in [6, 6.07) is 4.68. The monoisotopic (exact) mass is 113 g/mol. The van der Waals surface area contributed by atoms with Gasteiger partial charge in [-0.25, -0.2) is 0 Å². The van der Waals surface area contributed by atoms with Crippen LogP contribution in [0.15, 0.2) is 11.4 Å². The van der Waals surface area contributed by atoms with E-state index in [9.17, 15) is 0 Å². The molecule has 0 amide bonds. The Balaban J connectivity index is 2.76. The zero-order chi connectivity index (χ0) is 5.11. The quantitative estimate of drug-likeness (QED) is 0.537. The third-order valence-corrected chi connectivity index (χ3v) is 1.42. The van der Waals surface area contributed by atoms with Crippen LogP contribution in [0.5, 0.6) is 5.06 Å². The van der Waals surface area contributed by atoms with Gasteiger partial charge in [-0.1, -0.05) is 0 Å². The van der Waals surface area contributed by atoms with Gasteiger partial charge in [0.2, 0.25) is 0 Å². The molecule has 1 nitrogen and oxygen atoms in total. The summed E-state index contributed by atoms with van der Waals surface area (Å²) in [7, 11) is 1.65. The lowest BCUT2D eigenvalue weighted by Crippen LogP contribution is -1.73. The number of rotatable bonds is 1. The van der Waals surface area contributed by atoms with Crippen molar-refractivity contribution in [2.24, 2.45) is 0 Å². The maximum absolute atomic E-state index is 4.84. The van der Waals surface area contributed by atoms with E-state index in [1.54, 1.807) is 18.4 Å². The van der Waals surface area contributed by atoms with Crippen molar-refractivity contribution in [3.05, 3.63) is 17.5 Å². The predicted octanol–water partition coefficient (Wildman–Crippen LogP) is 1.56. The van der Waals surface area contributed by atoms with Crippen molar-refractivity contribution in [1.29, 1.82) is 0 Å². The van der Waals surface area contributed by atoms with Gasteiger partial charge in [0, 0.05) is 5.38 Å². The minimum absolute atomic E-state index is 0.917. The summed E-state index contributed by atoms with van der Waals surface area (Å²) in [6.07, 6.45) is 0. The number of thiophene rings is 1. The van der Waals surface area contributed by atoms with Crippen LogP contribution in [0.2, 0.25) is 0 Å². The average Bonchev–Trinajstić information content (AvgIpc) is 2.14. The largest absolute Gasteiger partial charge is 0.487 e. The summed E-state index contributed by atoms with van der Waals surface area (Å²) in [6.45, 7) is 0. The van der Waals surface area contributed by atoms with Gasteiger partial charge in [0.25, 0.3) is 0 Å². The lowest BCUT2D eigenvalue weighted by atomic mass is 10.7. The summed E-state index contributed by atoms with van der Waals surface area (Å²) in [5.41, 5.74) is 0. The van der Waals surface area contributed by atoms with Gasteiger partial charge in [-0.05, 0) is 12.1 Å². The molecule has 1 heterocycles. The second kappa shape index (κ2) is 1.98. The van der Waals surface area contributed by atoms with Gasteiger partial charge in [0.05, 0.1) is 7.11 Å². The summed E-state index contributed by atoms with van der Waals surface area (Å²) >= 11 is 1.55. The highest BCUT2D eigenvalue weighted by atomic mass is 32.1. The van der Waals surface area contributed by atoms with Crippen LogP contribution in [-0.4, -0.2) is 7.11 Å². The van der Waals surface area contributed by atoms with Crippen LogP contribution in [0.25, 0.3) is 0 Å². The van der Waals surface area contributed by atoms with Crippen LogP contribution in [0.4, 0.5) is 0 Å². The molecule has 0 aromatic carbocycles. The minimum atomic E-state index is 0.917. The molecule has 1 radical (unpaired) electrons. The Labute approximate surface area is 46.6 Å². The van der Waals surface area contributed by atoms with Crippen molar-refractivity contribution >= 4 is 11.3 Å². The molecule has 0 saturated carbocycles. The number of hydrogen-bond acceptors (Lipinski definition) is 2. The zero-order valence-electron chi connectivity index (χ0n) is 3.97. The molecule has 0 atom stereocenters. The zero-order valence-corrected chi connectivity index (χ0v) is 4.79. The van der Waals surface area contributed by atoms with Crippen LogP contribution >= 0.6 is 11.3 Å². The molecule has 0 bridgehead atoms. The van der Waals surface area contributed by atoms with Crippen LogP contribution < -0.4 is 4.74 Å². The maximum atomic E-state index is 4.84. The summed E-state index contributed by atoms with van der Waals surface area (Å²) in [5.74, 6) is 0. The van der Waals surface area contributed by atoms with E-state index in [1.165, 1.54) is 0 Å². The third kappa shape index (κ3) is 0.933. The van der Waals surface area contributed by atoms with Crippen LogP contribution in [0.3, 0.4) is 0 Å². The molecule has 0 unspecified atom stereocenters. The topological polar surface area (TPSA) is 9.23 Å². The molecule has 0 spiro atoms. The first-order chi connectivity index (χ1) is 3.43. The molecule has 0 saturated heterocycles. The van der Waals surface area contributed by atoms with Gasteiger partial charge in [-0.15, -0.1) is 11.3 Å². The summed E-state index contributed by atoms with van der Waals surface area (Å²) in [4.78, 5) is 0. The van der Waals surface area contributed by atoms with Gasteiger partial charge < -0.3 is 4.74 Å². The Hall–Kier alpha value is -0.500. The van der Waals surface area contributed by atoms with Crippen molar-refractivity contribution < 1.29 is 4.74 Å². The fraction of sp³-hybridized carbons (Fsp3) is 0.200. The highest BCUT2D eigenvalue weighted by Crippen LogP contribution is 2.15. The maximum Gasteiger partial charge on any atom is 0.173 e. The predicted molar refractivity (Wildman–Crippen MR) is 29.7 cm³/mol. The van der Waals surface area contributed by atoms with E-state index in [0.717, 1.165) is 5.06 Å². The van der Waals surface area contributed by atoms with E-state index in [1.807, 2.05) is 11.4 Å². The fourth-order valence-corrected chi connectivity index (χ4v) is 0.820. The Bertz CT molecular complexity index is 123. The number of methoxy groups -OCH3 is 1. The second-order valence-electron chi connectivity index (χ2n) is 1.07. The van der Waals surface area contributed by atoms with E-state index < -0.39 is 0 Å². The molecule has 1 rings (SSSR count). The molecule has 0 aliphatic heterocycles. The molecule has 1 aromatic rings. The molecule has 0 aliphatic carbocycles. The lowest BCUT2D eigenvalue weighted by Gasteiger charge is -1.86. The molecular formula is C5H5OS. The van der Waals surface area contributed by atoms with E-state index >= 15 is 0 Å². The van der Waals surface area contributed by atoms with Crippen molar-refractivity contribution in [2.45, 2.75) is 0 Å². The summed E-state index contributed by atoms with van der Waals surface area (Å²) in [5, 5.41) is 2.78. The Kier molecular flexibility index (Phi) is 1.32. The first-order valence-corrected chi connectivity index (χ1v) is 2.80. The van der Waals surface area contributed by atoms with Crippen LogP contribution in [0, 0.1) is 6.07 Å².